The van der Waals surface area contributed by atoms with Crippen LogP contribution in [0.4, 0.5) is 4.39 Å². The van der Waals surface area contributed by atoms with E-state index in [9.17, 15) is 14.0 Å². The number of hydrogen-bond acceptors (Lipinski definition) is 3. The number of halogens is 1. The minimum atomic E-state index is -0.281. The van der Waals surface area contributed by atoms with Gasteiger partial charge in [-0.3, -0.25) is 14.6 Å². The summed E-state index contributed by atoms with van der Waals surface area (Å²) in [5, 5.41) is 5.63. The first-order chi connectivity index (χ1) is 11.6. The highest BCUT2D eigenvalue weighted by molar-refractivity contribution is 5.98. The summed E-state index contributed by atoms with van der Waals surface area (Å²) >= 11 is 0. The van der Waals surface area contributed by atoms with Gasteiger partial charge in [-0.05, 0) is 49.1 Å². The predicted octanol–water partition coefficient (Wildman–Crippen LogP) is 2.09. The van der Waals surface area contributed by atoms with Crippen molar-refractivity contribution in [3.63, 3.8) is 0 Å². The fourth-order valence-electron chi connectivity index (χ4n) is 2.26. The molecular formula is C18H18FN3O2. The van der Waals surface area contributed by atoms with E-state index in [1.807, 2.05) is 0 Å². The lowest BCUT2D eigenvalue weighted by atomic mass is 10.1. The SMILES string of the molecule is O=C(NCCc1ccc(F)cc1)c1ccnc(C(=O)NC2CC2)c1. The molecule has 2 aromatic rings. The molecule has 0 aliphatic heterocycles. The van der Waals surface area contributed by atoms with E-state index in [0.29, 0.717) is 18.5 Å². The van der Waals surface area contributed by atoms with Gasteiger partial charge >= 0.3 is 0 Å². The highest BCUT2D eigenvalue weighted by atomic mass is 19.1. The topological polar surface area (TPSA) is 71.1 Å². The Labute approximate surface area is 139 Å². The van der Waals surface area contributed by atoms with Crippen molar-refractivity contribution in [2.24, 2.45) is 0 Å². The molecule has 1 aromatic carbocycles. The van der Waals surface area contributed by atoms with Crippen LogP contribution in [0.15, 0.2) is 42.6 Å². The number of nitrogens with one attached hydrogen (secondary N) is 2. The first-order valence-corrected chi connectivity index (χ1v) is 7.91. The Morgan fingerprint density at radius 1 is 1.12 bits per heavy atom. The molecule has 1 heterocycles. The second-order valence-corrected chi connectivity index (χ2v) is 5.81. The van der Waals surface area contributed by atoms with E-state index in [0.717, 1.165) is 18.4 Å². The lowest BCUT2D eigenvalue weighted by Crippen LogP contribution is -2.28. The minimum absolute atomic E-state index is 0.243. The van der Waals surface area contributed by atoms with Crippen LogP contribution in [0.5, 0.6) is 0 Å². The van der Waals surface area contributed by atoms with Crippen molar-refractivity contribution in [3.8, 4) is 0 Å². The second kappa shape index (κ2) is 7.21. The average Bonchev–Trinajstić information content (AvgIpc) is 3.40. The number of hydrogen-bond donors (Lipinski definition) is 2. The molecule has 3 rings (SSSR count). The Balaban J connectivity index is 1.54. The molecule has 0 unspecified atom stereocenters. The van der Waals surface area contributed by atoms with Gasteiger partial charge in [-0.1, -0.05) is 12.1 Å². The number of benzene rings is 1. The zero-order chi connectivity index (χ0) is 16.9. The molecule has 6 heteroatoms. The molecule has 0 spiro atoms. The molecule has 0 atom stereocenters. The first kappa shape index (κ1) is 16.1. The summed E-state index contributed by atoms with van der Waals surface area (Å²) in [4.78, 5) is 28.1. The third kappa shape index (κ3) is 4.38. The normalized spacial score (nSPS) is 13.4. The number of rotatable bonds is 6. The van der Waals surface area contributed by atoms with Crippen LogP contribution >= 0.6 is 0 Å². The predicted molar refractivity (Wildman–Crippen MR) is 87.2 cm³/mol. The third-order valence-electron chi connectivity index (χ3n) is 3.78. The Hall–Kier alpha value is -2.76. The van der Waals surface area contributed by atoms with Gasteiger partial charge in [0.1, 0.15) is 11.5 Å². The largest absolute Gasteiger partial charge is 0.352 e. The molecule has 0 saturated heterocycles. The number of amides is 2. The van der Waals surface area contributed by atoms with Crippen molar-refractivity contribution in [2.75, 3.05) is 6.54 Å². The van der Waals surface area contributed by atoms with Crippen LogP contribution in [0.3, 0.4) is 0 Å². The maximum atomic E-state index is 12.8. The fourth-order valence-corrected chi connectivity index (χ4v) is 2.26. The summed E-state index contributed by atoms with van der Waals surface area (Å²) in [6.07, 6.45) is 4.05. The lowest BCUT2D eigenvalue weighted by Gasteiger charge is -2.07. The molecule has 124 valence electrons. The Morgan fingerprint density at radius 2 is 1.88 bits per heavy atom. The Morgan fingerprint density at radius 3 is 2.58 bits per heavy atom. The third-order valence-corrected chi connectivity index (χ3v) is 3.78. The molecule has 2 amide bonds. The van der Waals surface area contributed by atoms with Crippen LogP contribution in [0.25, 0.3) is 0 Å². The number of carbonyl (C=O) groups is 2. The van der Waals surface area contributed by atoms with Gasteiger partial charge in [0.25, 0.3) is 11.8 Å². The van der Waals surface area contributed by atoms with E-state index in [1.54, 1.807) is 18.2 Å². The molecule has 24 heavy (non-hydrogen) atoms. The van der Waals surface area contributed by atoms with Crippen molar-refractivity contribution in [3.05, 3.63) is 65.2 Å². The zero-order valence-electron chi connectivity index (χ0n) is 13.1. The summed E-state index contributed by atoms with van der Waals surface area (Å²) in [6, 6.07) is 9.47. The molecular weight excluding hydrogens is 309 g/mol. The molecule has 0 radical (unpaired) electrons. The van der Waals surface area contributed by atoms with Crippen LogP contribution in [-0.2, 0) is 6.42 Å². The van der Waals surface area contributed by atoms with Crippen molar-refractivity contribution in [1.82, 2.24) is 15.6 Å². The van der Waals surface area contributed by atoms with E-state index in [4.69, 9.17) is 0 Å². The van der Waals surface area contributed by atoms with Crippen LogP contribution in [0, 0.1) is 5.82 Å². The smallest absolute Gasteiger partial charge is 0.270 e. The van der Waals surface area contributed by atoms with Crippen LogP contribution in [-0.4, -0.2) is 29.4 Å². The van der Waals surface area contributed by atoms with Crippen LogP contribution < -0.4 is 10.6 Å². The van der Waals surface area contributed by atoms with Crippen molar-refractivity contribution in [1.29, 1.82) is 0 Å². The highest BCUT2D eigenvalue weighted by Crippen LogP contribution is 2.19. The summed E-state index contributed by atoms with van der Waals surface area (Å²) in [5.74, 6) is -0.796. The number of nitrogens with zero attached hydrogens (tertiary/aromatic N) is 1. The Kier molecular flexibility index (Phi) is 4.84. The highest BCUT2D eigenvalue weighted by Gasteiger charge is 2.24. The molecule has 1 aliphatic carbocycles. The van der Waals surface area contributed by atoms with Crippen molar-refractivity contribution < 1.29 is 14.0 Å². The van der Waals surface area contributed by atoms with E-state index >= 15 is 0 Å². The molecule has 1 aromatic heterocycles. The fraction of sp³-hybridized carbons (Fsp3) is 0.278. The number of aromatic nitrogens is 1. The van der Waals surface area contributed by atoms with Gasteiger partial charge in [-0.15, -0.1) is 0 Å². The molecule has 0 bridgehead atoms. The maximum Gasteiger partial charge on any atom is 0.270 e. The van der Waals surface area contributed by atoms with Crippen LogP contribution in [0.2, 0.25) is 0 Å². The monoisotopic (exact) mass is 327 g/mol. The minimum Gasteiger partial charge on any atom is -0.352 e. The molecule has 1 saturated carbocycles. The summed E-state index contributed by atoms with van der Waals surface area (Å²) in [5.41, 5.74) is 1.58. The van der Waals surface area contributed by atoms with Gasteiger partial charge < -0.3 is 10.6 Å². The summed E-state index contributed by atoms with van der Waals surface area (Å²) < 4.78 is 12.8. The van der Waals surface area contributed by atoms with Gasteiger partial charge in [0.15, 0.2) is 0 Å². The maximum absolute atomic E-state index is 12.8. The number of pyridine rings is 1. The zero-order valence-corrected chi connectivity index (χ0v) is 13.1. The number of carbonyl (C=O) groups excluding carboxylic acids is 2. The van der Waals surface area contributed by atoms with E-state index in [-0.39, 0.29) is 29.4 Å². The lowest BCUT2D eigenvalue weighted by molar-refractivity contribution is 0.0946. The van der Waals surface area contributed by atoms with E-state index < -0.39 is 0 Å². The van der Waals surface area contributed by atoms with Gasteiger partial charge in [0, 0.05) is 24.3 Å². The first-order valence-electron chi connectivity index (χ1n) is 7.91. The van der Waals surface area contributed by atoms with Gasteiger partial charge in [-0.25, -0.2) is 4.39 Å². The molecule has 1 fully saturated rings. The van der Waals surface area contributed by atoms with Crippen molar-refractivity contribution in [2.45, 2.75) is 25.3 Å². The summed E-state index contributed by atoms with van der Waals surface area (Å²) in [6.45, 7) is 0.427. The standard InChI is InChI=1S/C18H18FN3O2/c19-14-3-1-12(2-4-14)7-9-21-17(23)13-8-10-20-16(11-13)18(24)22-15-5-6-15/h1-4,8,10-11,15H,5-7,9H2,(H,21,23)(H,22,24). The second-order valence-electron chi connectivity index (χ2n) is 5.81. The Bertz CT molecular complexity index is 742. The molecule has 5 nitrogen and oxygen atoms in total. The average molecular weight is 327 g/mol. The molecule has 2 N–H and O–H groups in total. The molecule has 1 aliphatic rings. The van der Waals surface area contributed by atoms with Crippen molar-refractivity contribution >= 4 is 11.8 Å². The van der Waals surface area contributed by atoms with E-state index in [1.165, 1.54) is 24.4 Å². The summed E-state index contributed by atoms with van der Waals surface area (Å²) in [7, 11) is 0. The van der Waals surface area contributed by atoms with Crippen LogP contribution in [0.1, 0.15) is 39.3 Å². The van der Waals surface area contributed by atoms with E-state index in [2.05, 4.69) is 15.6 Å². The van der Waals surface area contributed by atoms with Gasteiger partial charge in [0.2, 0.25) is 0 Å². The van der Waals surface area contributed by atoms with Gasteiger partial charge in [-0.2, -0.15) is 0 Å². The quantitative estimate of drug-likeness (QED) is 0.853. The van der Waals surface area contributed by atoms with Gasteiger partial charge in [0.05, 0.1) is 0 Å².